The first-order valence-electron chi connectivity index (χ1n) is 12.4. The van der Waals surface area contributed by atoms with E-state index < -0.39 is 23.9 Å². The summed E-state index contributed by atoms with van der Waals surface area (Å²) in [7, 11) is 0. The minimum Gasteiger partial charge on any atom is -0.478 e. The molecule has 1 aromatic heterocycles. The predicted molar refractivity (Wildman–Crippen MR) is 143 cm³/mol. The van der Waals surface area contributed by atoms with E-state index in [2.05, 4.69) is 20.5 Å². The van der Waals surface area contributed by atoms with E-state index in [-0.39, 0.29) is 18.4 Å². The highest BCUT2D eigenvalue weighted by Crippen LogP contribution is 2.34. The Morgan fingerprint density at radius 3 is 2.42 bits per heavy atom. The summed E-state index contributed by atoms with van der Waals surface area (Å²) in [5.41, 5.74) is 3.75. The van der Waals surface area contributed by atoms with Crippen LogP contribution in [0, 0.1) is 19.7 Å². The van der Waals surface area contributed by atoms with Gasteiger partial charge in [-0.3, -0.25) is 14.5 Å². The van der Waals surface area contributed by atoms with Crippen molar-refractivity contribution in [3.63, 3.8) is 0 Å². The number of morpholine rings is 1. The highest BCUT2D eigenvalue weighted by molar-refractivity contribution is 6.34. The number of carboxylic acid groups (broad SMARTS) is 2. The summed E-state index contributed by atoms with van der Waals surface area (Å²) in [5.74, 6) is -3.57. The minimum absolute atomic E-state index is 0.131. The third-order valence-corrected chi connectivity index (χ3v) is 6.20. The third-order valence-electron chi connectivity index (χ3n) is 6.20. The van der Waals surface area contributed by atoms with Crippen LogP contribution in [0.25, 0.3) is 11.6 Å². The van der Waals surface area contributed by atoms with Crippen molar-refractivity contribution in [3.8, 4) is 0 Å². The number of halogens is 1. The first-order chi connectivity index (χ1) is 19.0. The maximum Gasteiger partial charge on any atom is 0.328 e. The number of aliphatic hydroxyl groups is 1. The number of anilines is 1. The first kappa shape index (κ1) is 30.2. The Morgan fingerprint density at radius 2 is 1.80 bits per heavy atom. The van der Waals surface area contributed by atoms with Crippen LogP contribution in [-0.4, -0.2) is 94.5 Å². The van der Waals surface area contributed by atoms with Gasteiger partial charge in [0.15, 0.2) is 0 Å². The Balaban J connectivity index is 0.000000482. The van der Waals surface area contributed by atoms with Crippen molar-refractivity contribution in [2.75, 3.05) is 44.7 Å². The van der Waals surface area contributed by atoms with Gasteiger partial charge in [-0.2, -0.15) is 0 Å². The molecule has 6 N–H and O–H groups in total. The third kappa shape index (κ3) is 8.09. The van der Waals surface area contributed by atoms with Crippen molar-refractivity contribution in [2.45, 2.75) is 20.0 Å². The molecule has 12 nitrogen and oxygen atoms in total. The molecule has 1 fully saturated rings. The second kappa shape index (κ2) is 13.6. The lowest BCUT2D eigenvalue weighted by Crippen LogP contribution is -2.44. The summed E-state index contributed by atoms with van der Waals surface area (Å²) in [6.45, 7) is 6.98. The van der Waals surface area contributed by atoms with Gasteiger partial charge in [0, 0.05) is 61.0 Å². The molecular formula is C27H31FN4O8. The highest BCUT2D eigenvalue weighted by atomic mass is 19.1. The summed E-state index contributed by atoms with van der Waals surface area (Å²) in [5, 5.41) is 31.4. The molecule has 2 aromatic rings. The molecule has 0 unspecified atom stereocenters. The van der Waals surface area contributed by atoms with Gasteiger partial charge in [0.2, 0.25) is 0 Å². The molecule has 214 valence electrons. The van der Waals surface area contributed by atoms with Gasteiger partial charge in [-0.15, -0.1) is 0 Å². The number of carboxylic acids is 2. The number of hydrogen-bond acceptors (Lipinski definition) is 7. The van der Waals surface area contributed by atoms with Crippen molar-refractivity contribution in [1.82, 2.24) is 15.2 Å². The first-order valence-corrected chi connectivity index (χ1v) is 12.4. The molecule has 0 aliphatic carbocycles. The van der Waals surface area contributed by atoms with Crippen molar-refractivity contribution in [1.29, 1.82) is 0 Å². The number of nitrogens with zero attached hydrogens (tertiary/aromatic N) is 1. The highest BCUT2D eigenvalue weighted by Gasteiger charge is 2.26. The van der Waals surface area contributed by atoms with Gasteiger partial charge in [0.05, 0.1) is 30.5 Å². The van der Waals surface area contributed by atoms with Crippen molar-refractivity contribution in [3.05, 3.63) is 64.2 Å². The van der Waals surface area contributed by atoms with Crippen LogP contribution in [-0.2, 0) is 19.1 Å². The average Bonchev–Trinajstić information content (AvgIpc) is 3.36. The number of aromatic nitrogens is 1. The van der Waals surface area contributed by atoms with Crippen molar-refractivity contribution in [2.24, 2.45) is 0 Å². The maximum atomic E-state index is 13.7. The van der Waals surface area contributed by atoms with Gasteiger partial charge in [-0.05, 0) is 43.7 Å². The average molecular weight is 559 g/mol. The number of aromatic amines is 1. The zero-order valence-electron chi connectivity index (χ0n) is 22.0. The monoisotopic (exact) mass is 558 g/mol. The number of benzene rings is 1. The quantitative estimate of drug-likeness (QED) is 0.261. The van der Waals surface area contributed by atoms with Crippen molar-refractivity contribution < 1.29 is 43.6 Å². The van der Waals surface area contributed by atoms with Crippen LogP contribution in [0.1, 0.15) is 32.9 Å². The number of ether oxygens (including phenoxy) is 1. The summed E-state index contributed by atoms with van der Waals surface area (Å²) in [6, 6.07) is 4.13. The number of aliphatic hydroxyl groups excluding tert-OH is 1. The number of nitrogens with one attached hydrogen (secondary N) is 3. The Bertz CT molecular complexity index is 1330. The summed E-state index contributed by atoms with van der Waals surface area (Å²) >= 11 is 0. The zero-order valence-corrected chi connectivity index (χ0v) is 22.0. The van der Waals surface area contributed by atoms with Crippen LogP contribution in [0.2, 0.25) is 0 Å². The van der Waals surface area contributed by atoms with Crippen LogP contribution >= 0.6 is 0 Å². The van der Waals surface area contributed by atoms with Gasteiger partial charge in [0.25, 0.3) is 11.8 Å². The maximum absolute atomic E-state index is 13.7. The second-order valence-electron chi connectivity index (χ2n) is 9.15. The van der Waals surface area contributed by atoms with E-state index >= 15 is 0 Å². The number of β-amino-alcohol motifs (C(OH)–C–C–N with tert-alkyl or cyclic N) is 1. The molecule has 0 spiro atoms. The van der Waals surface area contributed by atoms with E-state index in [4.69, 9.17) is 14.9 Å². The number of rotatable bonds is 8. The molecule has 1 saturated heterocycles. The van der Waals surface area contributed by atoms with Crippen LogP contribution in [0.3, 0.4) is 0 Å². The summed E-state index contributed by atoms with van der Waals surface area (Å²) in [4.78, 5) is 49.6. The SMILES string of the molecule is Cc1[nH]c(C=C2C(=O)Nc3ccc(F)cc32)c(C)c1C(=O)NC[C@H](O)CN1CCOCC1.O=C(O)/C=C\C(=O)O. The fourth-order valence-corrected chi connectivity index (χ4v) is 4.29. The van der Waals surface area contributed by atoms with Gasteiger partial charge < -0.3 is 35.7 Å². The molecule has 1 aromatic carbocycles. The van der Waals surface area contributed by atoms with E-state index in [0.717, 1.165) is 13.1 Å². The Kier molecular flexibility index (Phi) is 10.3. The normalized spacial score (nSPS) is 16.7. The fourth-order valence-electron chi connectivity index (χ4n) is 4.29. The largest absolute Gasteiger partial charge is 0.478 e. The van der Waals surface area contributed by atoms with Crippen LogP contribution in [0.4, 0.5) is 10.1 Å². The molecule has 2 aliphatic rings. The predicted octanol–water partition coefficient (Wildman–Crippen LogP) is 1.40. The Morgan fingerprint density at radius 1 is 1.15 bits per heavy atom. The molecule has 4 rings (SSSR count). The molecule has 0 saturated carbocycles. The number of amides is 2. The van der Waals surface area contributed by atoms with Crippen molar-refractivity contribution >= 4 is 41.1 Å². The van der Waals surface area contributed by atoms with Gasteiger partial charge in [0.1, 0.15) is 5.82 Å². The Labute approximate surface area is 229 Å². The number of aryl methyl sites for hydroxylation is 1. The van der Waals surface area contributed by atoms with Gasteiger partial charge >= 0.3 is 11.9 Å². The second-order valence-corrected chi connectivity index (χ2v) is 9.15. The smallest absolute Gasteiger partial charge is 0.328 e. The number of carbonyl (C=O) groups is 4. The number of aliphatic carboxylic acids is 2. The molecule has 1 atom stereocenters. The van der Waals surface area contributed by atoms with E-state index in [9.17, 15) is 28.7 Å². The number of H-pyrrole nitrogens is 1. The van der Waals surface area contributed by atoms with E-state index in [0.29, 0.717) is 71.2 Å². The zero-order chi connectivity index (χ0) is 29.4. The van der Waals surface area contributed by atoms with E-state index in [1.165, 1.54) is 18.2 Å². The molecule has 3 heterocycles. The van der Waals surface area contributed by atoms with Crippen LogP contribution in [0.5, 0.6) is 0 Å². The van der Waals surface area contributed by atoms with Gasteiger partial charge in [-0.25, -0.2) is 14.0 Å². The molecule has 40 heavy (non-hydrogen) atoms. The van der Waals surface area contributed by atoms with E-state index in [1.807, 2.05) is 0 Å². The summed E-state index contributed by atoms with van der Waals surface area (Å²) in [6.07, 6.45) is 2.06. The van der Waals surface area contributed by atoms with Crippen LogP contribution < -0.4 is 10.6 Å². The topological polar surface area (TPSA) is 181 Å². The molecule has 2 aliphatic heterocycles. The lowest BCUT2D eigenvalue weighted by atomic mass is 10.0. The van der Waals surface area contributed by atoms with Crippen LogP contribution in [0.15, 0.2) is 30.4 Å². The lowest BCUT2D eigenvalue weighted by molar-refractivity contribution is -0.134. The molecular weight excluding hydrogens is 527 g/mol. The van der Waals surface area contributed by atoms with Gasteiger partial charge in [-0.1, -0.05) is 0 Å². The number of carbonyl (C=O) groups excluding carboxylic acids is 2. The molecule has 0 bridgehead atoms. The molecule has 0 radical (unpaired) electrons. The molecule has 13 heteroatoms. The number of hydrogen-bond donors (Lipinski definition) is 6. The number of fused-ring (bicyclic) bond motifs is 1. The standard InChI is InChI=1S/C23H27FN4O4.C4H4O4/c1-13-20(10-18-17-9-15(24)3-4-19(17)27-22(18)30)26-14(2)21(13)23(31)25-11-16(29)12-28-5-7-32-8-6-28;5-3(6)1-2-4(7)8/h3-4,9-10,16,26,29H,5-8,11-12H2,1-2H3,(H,25,31)(H,27,30);1-2H,(H,5,6)(H,7,8)/b;2-1-/t16-;/m0./s1. The minimum atomic E-state index is -1.26. The lowest BCUT2D eigenvalue weighted by Gasteiger charge is -2.28. The summed E-state index contributed by atoms with van der Waals surface area (Å²) < 4.78 is 19.0. The fraction of sp³-hybridized carbons (Fsp3) is 0.333. The van der Waals surface area contributed by atoms with E-state index in [1.54, 1.807) is 19.9 Å². The molecule has 2 amide bonds. The Hall–Kier alpha value is -4.33.